The number of hydrogen-bond donors (Lipinski definition) is 0. The molecule has 0 atom stereocenters. The van der Waals surface area contributed by atoms with Gasteiger partial charge in [-0.2, -0.15) is 0 Å². The second-order valence-electron chi connectivity index (χ2n) is 5.49. The van der Waals surface area contributed by atoms with Crippen molar-refractivity contribution in [2.45, 2.75) is 19.0 Å². The highest BCUT2D eigenvalue weighted by Crippen LogP contribution is 2.23. The fourth-order valence-electron chi connectivity index (χ4n) is 2.41. The summed E-state index contributed by atoms with van der Waals surface area (Å²) < 4.78 is 1.91. The number of carbonyl (C=O) groups excluding carboxylic acids is 1. The third kappa shape index (κ3) is 3.68. The van der Waals surface area contributed by atoms with E-state index in [9.17, 15) is 4.79 Å². The summed E-state index contributed by atoms with van der Waals surface area (Å²) in [5, 5.41) is 9.44. The summed E-state index contributed by atoms with van der Waals surface area (Å²) in [5.74, 6) is 0.331. The summed E-state index contributed by atoms with van der Waals surface area (Å²) >= 11 is 7.23. The van der Waals surface area contributed by atoms with Crippen LogP contribution in [0.5, 0.6) is 0 Å². The summed E-state index contributed by atoms with van der Waals surface area (Å²) in [4.78, 5) is 12.3. The van der Waals surface area contributed by atoms with Crippen LogP contribution >= 0.6 is 23.4 Å². The average Bonchev–Trinajstić information content (AvgIpc) is 3.01. The van der Waals surface area contributed by atoms with Gasteiger partial charge >= 0.3 is 0 Å². The Morgan fingerprint density at radius 2 is 1.92 bits per heavy atom. The van der Waals surface area contributed by atoms with Gasteiger partial charge in [-0.3, -0.25) is 9.36 Å². The second kappa shape index (κ2) is 7.20. The largest absolute Gasteiger partial charge is 0.293 e. The van der Waals surface area contributed by atoms with E-state index in [4.69, 9.17) is 11.6 Å². The minimum absolute atomic E-state index is 0.0341. The van der Waals surface area contributed by atoms with Gasteiger partial charge in [0.1, 0.15) is 6.33 Å². The fraction of sp³-hybridized carbons (Fsp3) is 0.167. The number of benzene rings is 2. The van der Waals surface area contributed by atoms with E-state index in [2.05, 4.69) is 36.2 Å². The molecule has 0 radical (unpaired) electrons. The molecule has 122 valence electrons. The van der Waals surface area contributed by atoms with Crippen LogP contribution in [0.25, 0.3) is 5.69 Å². The molecule has 0 aliphatic heterocycles. The molecule has 0 saturated heterocycles. The third-order valence-corrected chi connectivity index (χ3v) is 4.82. The zero-order valence-electron chi connectivity index (χ0n) is 13.4. The van der Waals surface area contributed by atoms with E-state index in [1.165, 1.54) is 17.3 Å². The number of halogens is 1. The predicted molar refractivity (Wildman–Crippen MR) is 97.3 cm³/mol. The van der Waals surface area contributed by atoms with Gasteiger partial charge in [0.2, 0.25) is 0 Å². The van der Waals surface area contributed by atoms with Crippen LogP contribution in [0.2, 0.25) is 5.02 Å². The first-order valence-corrected chi connectivity index (χ1v) is 8.80. The van der Waals surface area contributed by atoms with Crippen LogP contribution < -0.4 is 0 Å². The Labute approximate surface area is 149 Å². The summed E-state index contributed by atoms with van der Waals surface area (Å²) in [6.07, 6.45) is 1.67. The second-order valence-corrected chi connectivity index (χ2v) is 6.87. The highest BCUT2D eigenvalue weighted by atomic mass is 35.5. The Morgan fingerprint density at radius 3 is 2.62 bits per heavy atom. The number of thioether (sulfide) groups is 1. The number of aryl methyl sites for hydroxylation is 2. The molecule has 6 heteroatoms. The average molecular weight is 358 g/mol. The number of aromatic nitrogens is 3. The van der Waals surface area contributed by atoms with Crippen molar-refractivity contribution in [2.24, 2.45) is 0 Å². The van der Waals surface area contributed by atoms with Gasteiger partial charge in [-0.05, 0) is 49.7 Å². The quantitative estimate of drug-likeness (QED) is 0.498. The van der Waals surface area contributed by atoms with Crippen LogP contribution in [0.3, 0.4) is 0 Å². The van der Waals surface area contributed by atoms with Crippen molar-refractivity contribution in [1.82, 2.24) is 14.8 Å². The van der Waals surface area contributed by atoms with E-state index in [1.54, 1.807) is 30.6 Å². The Morgan fingerprint density at radius 1 is 1.17 bits per heavy atom. The van der Waals surface area contributed by atoms with Crippen LogP contribution in [0.15, 0.2) is 53.9 Å². The molecule has 4 nitrogen and oxygen atoms in total. The molecular weight excluding hydrogens is 342 g/mol. The smallest absolute Gasteiger partial charge is 0.196 e. The van der Waals surface area contributed by atoms with Crippen LogP contribution in [-0.2, 0) is 0 Å². The van der Waals surface area contributed by atoms with Gasteiger partial charge in [0, 0.05) is 10.6 Å². The van der Waals surface area contributed by atoms with Crippen molar-refractivity contribution in [3.05, 3.63) is 70.5 Å². The fourth-order valence-corrected chi connectivity index (χ4v) is 3.36. The van der Waals surface area contributed by atoms with Gasteiger partial charge in [0.25, 0.3) is 0 Å². The van der Waals surface area contributed by atoms with E-state index in [1.807, 2.05) is 10.6 Å². The first kappa shape index (κ1) is 16.7. The van der Waals surface area contributed by atoms with Gasteiger partial charge in [0.05, 0.1) is 11.4 Å². The Kier molecular flexibility index (Phi) is 5.02. The lowest BCUT2D eigenvalue weighted by molar-refractivity contribution is 0.102. The summed E-state index contributed by atoms with van der Waals surface area (Å²) in [7, 11) is 0. The molecule has 0 unspecified atom stereocenters. The minimum atomic E-state index is 0.0341. The number of hydrogen-bond acceptors (Lipinski definition) is 4. The van der Waals surface area contributed by atoms with Crippen LogP contribution in [0.4, 0.5) is 0 Å². The zero-order valence-corrected chi connectivity index (χ0v) is 14.9. The third-order valence-electron chi connectivity index (χ3n) is 3.63. The van der Waals surface area contributed by atoms with Gasteiger partial charge in [-0.25, -0.2) is 0 Å². The van der Waals surface area contributed by atoms with Crippen molar-refractivity contribution in [3.8, 4) is 5.69 Å². The SMILES string of the molecule is Cc1ccc(-n2cnnc2SCC(=O)c2ccc(Cl)cc2)c(C)c1. The monoisotopic (exact) mass is 357 g/mol. The highest BCUT2D eigenvalue weighted by molar-refractivity contribution is 7.99. The first-order valence-electron chi connectivity index (χ1n) is 7.44. The molecule has 0 spiro atoms. The van der Waals surface area contributed by atoms with Crippen LogP contribution in [-0.4, -0.2) is 26.3 Å². The maximum Gasteiger partial charge on any atom is 0.196 e. The van der Waals surface area contributed by atoms with Crippen molar-refractivity contribution in [2.75, 3.05) is 5.75 Å². The summed E-state index contributed by atoms with van der Waals surface area (Å²) in [6, 6.07) is 13.1. The molecule has 1 heterocycles. The molecule has 3 aromatic rings. The molecule has 0 bridgehead atoms. The zero-order chi connectivity index (χ0) is 17.1. The molecule has 0 saturated carbocycles. The van der Waals surface area contributed by atoms with Crippen LogP contribution in [0, 0.1) is 13.8 Å². The number of ketones is 1. The van der Waals surface area contributed by atoms with E-state index >= 15 is 0 Å². The minimum Gasteiger partial charge on any atom is -0.293 e. The summed E-state index contributed by atoms with van der Waals surface area (Å²) in [6.45, 7) is 4.11. The molecule has 1 aromatic heterocycles. The number of carbonyl (C=O) groups is 1. The molecule has 0 N–H and O–H groups in total. The number of nitrogens with zero attached hydrogens (tertiary/aromatic N) is 3. The molecule has 24 heavy (non-hydrogen) atoms. The van der Waals surface area contributed by atoms with E-state index in [0.29, 0.717) is 21.5 Å². The maximum absolute atomic E-state index is 12.3. The lowest BCUT2D eigenvalue weighted by Gasteiger charge is -2.10. The van der Waals surface area contributed by atoms with E-state index < -0.39 is 0 Å². The van der Waals surface area contributed by atoms with Crippen molar-refractivity contribution >= 4 is 29.1 Å². The topological polar surface area (TPSA) is 47.8 Å². The Hall–Kier alpha value is -2.11. The lowest BCUT2D eigenvalue weighted by atomic mass is 10.1. The molecular formula is C18H16ClN3OS. The normalized spacial score (nSPS) is 10.8. The van der Waals surface area contributed by atoms with E-state index in [0.717, 1.165) is 11.3 Å². The molecule has 3 rings (SSSR count). The molecule has 2 aromatic carbocycles. The van der Waals surface area contributed by atoms with Crippen molar-refractivity contribution in [1.29, 1.82) is 0 Å². The van der Waals surface area contributed by atoms with E-state index in [-0.39, 0.29) is 5.78 Å². The first-order chi connectivity index (χ1) is 11.5. The van der Waals surface area contributed by atoms with Crippen molar-refractivity contribution < 1.29 is 4.79 Å². The van der Waals surface area contributed by atoms with Gasteiger partial charge < -0.3 is 0 Å². The van der Waals surface area contributed by atoms with Gasteiger partial charge in [0.15, 0.2) is 10.9 Å². The standard InChI is InChI=1S/C18H16ClN3OS/c1-12-3-8-16(13(2)9-12)22-11-20-21-18(22)24-10-17(23)14-4-6-15(19)7-5-14/h3-9,11H,10H2,1-2H3. The lowest BCUT2D eigenvalue weighted by Crippen LogP contribution is -2.04. The van der Waals surface area contributed by atoms with Gasteiger partial charge in [-0.1, -0.05) is 41.1 Å². The number of Topliss-reactive ketones (excluding diaryl/α,β-unsaturated/α-hetero) is 1. The molecule has 0 amide bonds. The molecule has 0 fully saturated rings. The summed E-state index contributed by atoms with van der Waals surface area (Å²) in [5.41, 5.74) is 4.01. The number of rotatable bonds is 5. The molecule has 0 aliphatic carbocycles. The molecule has 0 aliphatic rings. The maximum atomic E-state index is 12.3. The van der Waals surface area contributed by atoms with Gasteiger partial charge in [-0.15, -0.1) is 10.2 Å². The Bertz CT molecular complexity index is 874. The van der Waals surface area contributed by atoms with Crippen LogP contribution in [0.1, 0.15) is 21.5 Å². The predicted octanol–water partition coefficient (Wildman–Crippen LogP) is 4.51. The van der Waals surface area contributed by atoms with Crippen molar-refractivity contribution in [3.63, 3.8) is 0 Å². The Balaban J connectivity index is 1.76. The highest BCUT2D eigenvalue weighted by Gasteiger charge is 2.13.